The van der Waals surface area contributed by atoms with E-state index in [1.165, 1.54) is 0 Å². The van der Waals surface area contributed by atoms with Crippen molar-refractivity contribution in [1.82, 2.24) is 10.2 Å². The van der Waals surface area contributed by atoms with Gasteiger partial charge in [-0.25, -0.2) is 0 Å². The van der Waals surface area contributed by atoms with E-state index in [4.69, 9.17) is 4.55 Å². The third-order valence-corrected chi connectivity index (χ3v) is 3.51. The Kier molecular flexibility index (Phi) is 5.03. The maximum absolute atomic E-state index is 10.4. The number of nitrogens with zero attached hydrogens (tertiary/aromatic N) is 2. The Hall–Kier alpha value is -0.800. The van der Waals surface area contributed by atoms with Gasteiger partial charge in [0.05, 0.1) is 12.3 Å². The van der Waals surface area contributed by atoms with Crippen molar-refractivity contribution in [2.24, 2.45) is 4.40 Å². The summed E-state index contributed by atoms with van der Waals surface area (Å²) in [5.74, 6) is 0.425. The molecule has 0 amide bonds. The lowest BCUT2D eigenvalue weighted by molar-refractivity contribution is -0.108. The third-order valence-electron chi connectivity index (χ3n) is 1.84. The lowest BCUT2D eigenvalue weighted by Gasteiger charge is -2.12. The van der Waals surface area contributed by atoms with Gasteiger partial charge in [0.2, 0.25) is 5.96 Å². The van der Waals surface area contributed by atoms with E-state index in [-0.39, 0.29) is 18.1 Å². The number of aldehydes is 1. The van der Waals surface area contributed by atoms with Gasteiger partial charge in [-0.05, 0) is 11.9 Å². The van der Waals surface area contributed by atoms with Crippen LogP contribution in [0.4, 0.5) is 0 Å². The number of hydrogen-bond donors (Lipinski definition) is 2. The molecule has 1 aliphatic heterocycles. The zero-order valence-corrected chi connectivity index (χ0v) is 10.1. The molecule has 0 aromatic heterocycles. The van der Waals surface area contributed by atoms with Gasteiger partial charge in [0, 0.05) is 18.8 Å². The summed E-state index contributed by atoms with van der Waals surface area (Å²) in [6.45, 7) is 1.69. The van der Waals surface area contributed by atoms with E-state index in [9.17, 15) is 13.2 Å². The maximum atomic E-state index is 10.4. The van der Waals surface area contributed by atoms with Crippen LogP contribution in [0.25, 0.3) is 0 Å². The number of nitrogens with one attached hydrogen (secondary N) is 1. The Labute approximate surface area is 98.2 Å². The van der Waals surface area contributed by atoms with Crippen molar-refractivity contribution in [1.29, 1.82) is 0 Å². The predicted molar refractivity (Wildman–Crippen MR) is 61.9 cm³/mol. The fraction of sp³-hybridized carbons (Fsp3) is 0.714. The van der Waals surface area contributed by atoms with Crippen molar-refractivity contribution in [3.05, 3.63) is 0 Å². The van der Waals surface area contributed by atoms with Crippen LogP contribution in [0.3, 0.4) is 0 Å². The molecule has 0 spiro atoms. The smallest absolute Gasteiger partial charge is 0.265 e. The average molecular weight is 267 g/mol. The van der Waals surface area contributed by atoms with Crippen LogP contribution in [0.15, 0.2) is 4.40 Å². The molecule has 0 unspecified atom stereocenters. The maximum Gasteiger partial charge on any atom is 0.265 e. The predicted octanol–water partition coefficient (Wildman–Crippen LogP) is -1.02. The Balaban J connectivity index is 2.36. The Bertz CT molecular complexity index is 368. The summed E-state index contributed by atoms with van der Waals surface area (Å²) in [4.78, 5) is 12.1. The van der Waals surface area contributed by atoms with Gasteiger partial charge in [-0.2, -0.15) is 12.8 Å². The highest BCUT2D eigenvalue weighted by Crippen LogP contribution is 2.06. The third kappa shape index (κ3) is 4.81. The first-order chi connectivity index (χ1) is 7.53. The van der Waals surface area contributed by atoms with Gasteiger partial charge in [0.1, 0.15) is 6.29 Å². The van der Waals surface area contributed by atoms with Gasteiger partial charge in [0.15, 0.2) is 0 Å². The molecule has 1 fully saturated rings. The van der Waals surface area contributed by atoms with Crippen molar-refractivity contribution >= 4 is 34.3 Å². The highest BCUT2D eigenvalue weighted by molar-refractivity contribution is 7.99. The second kappa shape index (κ2) is 6.06. The lowest BCUT2D eigenvalue weighted by Crippen LogP contribution is -2.31. The Morgan fingerprint density at radius 2 is 2.38 bits per heavy atom. The summed E-state index contributed by atoms with van der Waals surface area (Å²) in [7, 11) is -3.92. The molecule has 0 radical (unpaired) electrons. The highest BCUT2D eigenvalue weighted by Gasteiger charge is 2.16. The Morgan fingerprint density at radius 3 is 3.00 bits per heavy atom. The first kappa shape index (κ1) is 13.3. The summed E-state index contributed by atoms with van der Waals surface area (Å²) in [6, 6.07) is 0. The standard InChI is InChI=1S/C7H13N3O4S2/c11-4-3-10-2-1-8-7(10)9-15-5-6-16(12,13)14/h4H,1-3,5-6H2,(H,8,9)(H,12,13,14). The van der Waals surface area contributed by atoms with Crippen LogP contribution in [0.2, 0.25) is 0 Å². The molecule has 0 aliphatic carbocycles. The molecule has 0 atom stereocenters. The van der Waals surface area contributed by atoms with Gasteiger partial charge in [-0.15, -0.1) is 0 Å². The summed E-state index contributed by atoms with van der Waals surface area (Å²) >= 11 is 1.04. The summed E-state index contributed by atoms with van der Waals surface area (Å²) in [5.41, 5.74) is 0. The van der Waals surface area contributed by atoms with E-state index in [1.807, 2.05) is 0 Å². The number of guanidine groups is 1. The van der Waals surface area contributed by atoms with E-state index in [2.05, 4.69) is 9.71 Å². The van der Waals surface area contributed by atoms with Gasteiger partial charge >= 0.3 is 0 Å². The quantitative estimate of drug-likeness (QED) is 0.275. The molecule has 7 nitrogen and oxygen atoms in total. The van der Waals surface area contributed by atoms with E-state index in [0.29, 0.717) is 19.0 Å². The molecule has 16 heavy (non-hydrogen) atoms. The highest BCUT2D eigenvalue weighted by atomic mass is 32.2. The Morgan fingerprint density at radius 1 is 1.62 bits per heavy atom. The molecule has 0 saturated carbocycles. The number of hydrogen-bond acceptors (Lipinski definition) is 5. The summed E-state index contributed by atoms with van der Waals surface area (Å²) < 4.78 is 33.4. The SMILES string of the molecule is O=CCN1CCN/C1=N\SCCS(=O)(=O)O. The molecule has 92 valence electrons. The molecule has 9 heteroatoms. The van der Waals surface area contributed by atoms with Crippen molar-refractivity contribution in [2.75, 3.05) is 31.1 Å². The second-order valence-corrected chi connectivity index (χ2v) is 5.49. The summed E-state index contributed by atoms with van der Waals surface area (Å²) in [5, 5.41) is 2.97. The lowest BCUT2D eigenvalue weighted by atomic mass is 10.6. The van der Waals surface area contributed by atoms with Crippen LogP contribution >= 0.6 is 11.9 Å². The topological polar surface area (TPSA) is 99.1 Å². The second-order valence-electron chi connectivity index (χ2n) is 3.07. The molecule has 1 saturated heterocycles. The number of carbonyl (C=O) groups excluding carboxylic acids is 1. The monoisotopic (exact) mass is 267 g/mol. The number of rotatable bonds is 6. The molecule has 0 bridgehead atoms. The first-order valence-corrected chi connectivity index (χ1v) is 7.15. The van der Waals surface area contributed by atoms with Crippen LogP contribution in [0.5, 0.6) is 0 Å². The largest absolute Gasteiger partial charge is 0.354 e. The minimum Gasteiger partial charge on any atom is -0.354 e. The van der Waals surface area contributed by atoms with Crippen molar-refractivity contribution in [3.8, 4) is 0 Å². The molecule has 0 aromatic rings. The minimum absolute atomic E-state index is 0.180. The zero-order chi connectivity index (χ0) is 12.0. The van der Waals surface area contributed by atoms with E-state index >= 15 is 0 Å². The fourth-order valence-electron chi connectivity index (χ4n) is 1.13. The molecular weight excluding hydrogens is 254 g/mol. The molecule has 0 aromatic carbocycles. The van der Waals surface area contributed by atoms with E-state index in [1.54, 1.807) is 4.90 Å². The molecule has 1 heterocycles. The van der Waals surface area contributed by atoms with Crippen molar-refractivity contribution < 1.29 is 17.8 Å². The first-order valence-electron chi connectivity index (χ1n) is 4.60. The van der Waals surface area contributed by atoms with Gasteiger partial charge < -0.3 is 15.0 Å². The average Bonchev–Trinajstić information content (AvgIpc) is 2.60. The molecule has 1 aliphatic rings. The van der Waals surface area contributed by atoms with Crippen molar-refractivity contribution in [3.63, 3.8) is 0 Å². The normalized spacial score (nSPS) is 18.8. The van der Waals surface area contributed by atoms with Crippen molar-refractivity contribution in [2.45, 2.75) is 0 Å². The summed E-state index contributed by atoms with van der Waals surface area (Å²) in [6.07, 6.45) is 0.783. The fourth-order valence-corrected chi connectivity index (χ4v) is 2.66. The zero-order valence-electron chi connectivity index (χ0n) is 8.50. The van der Waals surface area contributed by atoms with Gasteiger partial charge in [-0.3, -0.25) is 4.55 Å². The number of carbonyl (C=O) groups is 1. The molecular formula is C7H13N3O4S2. The van der Waals surface area contributed by atoms with Crippen LogP contribution < -0.4 is 5.32 Å². The molecule has 1 rings (SSSR count). The van der Waals surface area contributed by atoms with E-state index in [0.717, 1.165) is 18.2 Å². The molecule has 2 N–H and O–H groups in total. The van der Waals surface area contributed by atoms with E-state index < -0.39 is 10.1 Å². The van der Waals surface area contributed by atoms with Gasteiger partial charge in [-0.1, -0.05) is 0 Å². The van der Waals surface area contributed by atoms with Crippen LogP contribution in [0.1, 0.15) is 0 Å². The van der Waals surface area contributed by atoms with Gasteiger partial charge in [0.25, 0.3) is 10.1 Å². The van der Waals surface area contributed by atoms with Crippen LogP contribution in [-0.2, 0) is 14.9 Å². The minimum atomic E-state index is -3.92. The van der Waals surface area contributed by atoms with Crippen LogP contribution in [0, 0.1) is 0 Å². The van der Waals surface area contributed by atoms with Crippen LogP contribution in [-0.4, -0.2) is 61.3 Å².